The summed E-state index contributed by atoms with van der Waals surface area (Å²) < 4.78 is 34.1. The highest BCUT2D eigenvalue weighted by Gasteiger charge is 2.30. The highest BCUT2D eigenvalue weighted by Crippen LogP contribution is 2.23. The number of aryl methyl sites for hydroxylation is 2. The van der Waals surface area contributed by atoms with E-state index in [0.717, 1.165) is 11.1 Å². The van der Waals surface area contributed by atoms with E-state index >= 15 is 0 Å². The largest absolute Gasteiger partial charge is 0.371 e. The smallest absolute Gasteiger partial charge is 0.214 e. The quantitative estimate of drug-likeness (QED) is 0.828. The Labute approximate surface area is 136 Å². The third-order valence-electron chi connectivity index (χ3n) is 4.01. The van der Waals surface area contributed by atoms with Crippen LogP contribution in [0.25, 0.3) is 0 Å². The molecule has 2 heterocycles. The van der Waals surface area contributed by atoms with Gasteiger partial charge in [-0.3, -0.25) is 4.68 Å². The Morgan fingerprint density at radius 3 is 2.78 bits per heavy atom. The summed E-state index contributed by atoms with van der Waals surface area (Å²) in [5.41, 5.74) is 1.95. The van der Waals surface area contributed by atoms with Crippen molar-refractivity contribution in [3.63, 3.8) is 0 Å². The second-order valence-electron chi connectivity index (χ2n) is 5.72. The van der Waals surface area contributed by atoms with Crippen LogP contribution in [0.2, 0.25) is 0 Å². The molecule has 1 saturated heterocycles. The maximum atomic E-state index is 12.6. The van der Waals surface area contributed by atoms with Crippen molar-refractivity contribution < 1.29 is 13.2 Å². The molecule has 0 amide bonds. The number of sulfonamides is 1. The van der Waals surface area contributed by atoms with Crippen LogP contribution in [0.15, 0.2) is 42.7 Å². The minimum absolute atomic E-state index is 0.122. The lowest BCUT2D eigenvalue weighted by atomic mass is 10.2. The molecule has 0 N–H and O–H groups in total. The van der Waals surface area contributed by atoms with E-state index in [1.807, 2.05) is 43.6 Å². The SMILES string of the molecule is Cn1cc([C@H]2CN(S(=O)(=O)CCc3ccccc3)CCO2)cn1. The predicted octanol–water partition coefficient (Wildman–Crippen LogP) is 1.37. The molecule has 1 aliphatic heterocycles. The second-order valence-corrected chi connectivity index (χ2v) is 7.80. The molecule has 3 rings (SSSR count). The first-order valence-corrected chi connectivity index (χ1v) is 9.27. The predicted molar refractivity (Wildman–Crippen MR) is 87.4 cm³/mol. The summed E-state index contributed by atoms with van der Waals surface area (Å²) in [7, 11) is -1.46. The number of hydrogen-bond acceptors (Lipinski definition) is 4. The van der Waals surface area contributed by atoms with Crippen LogP contribution in [-0.2, 0) is 28.2 Å². The molecule has 0 saturated carbocycles. The van der Waals surface area contributed by atoms with Crippen molar-refractivity contribution in [3.05, 3.63) is 53.9 Å². The summed E-state index contributed by atoms with van der Waals surface area (Å²) in [4.78, 5) is 0. The van der Waals surface area contributed by atoms with Gasteiger partial charge in [-0.15, -0.1) is 0 Å². The fraction of sp³-hybridized carbons (Fsp3) is 0.438. The fourth-order valence-electron chi connectivity index (χ4n) is 2.71. The lowest BCUT2D eigenvalue weighted by Gasteiger charge is -2.31. The molecule has 124 valence electrons. The van der Waals surface area contributed by atoms with Crippen LogP contribution < -0.4 is 0 Å². The maximum Gasteiger partial charge on any atom is 0.214 e. The van der Waals surface area contributed by atoms with Crippen molar-refractivity contribution in [1.82, 2.24) is 14.1 Å². The molecule has 2 aromatic rings. The summed E-state index contributed by atoms with van der Waals surface area (Å²) in [6.07, 6.45) is 3.87. The van der Waals surface area contributed by atoms with E-state index in [4.69, 9.17) is 4.74 Å². The second kappa shape index (κ2) is 6.82. The van der Waals surface area contributed by atoms with Gasteiger partial charge < -0.3 is 4.74 Å². The number of aromatic nitrogens is 2. The van der Waals surface area contributed by atoms with E-state index in [0.29, 0.717) is 26.1 Å². The molecule has 0 radical (unpaired) electrons. The van der Waals surface area contributed by atoms with Gasteiger partial charge in [-0.2, -0.15) is 9.40 Å². The van der Waals surface area contributed by atoms with Gasteiger partial charge in [0.25, 0.3) is 0 Å². The monoisotopic (exact) mass is 335 g/mol. The first-order chi connectivity index (χ1) is 11.0. The van der Waals surface area contributed by atoms with Crippen LogP contribution in [0.5, 0.6) is 0 Å². The molecule has 23 heavy (non-hydrogen) atoms. The molecule has 0 aliphatic carbocycles. The van der Waals surface area contributed by atoms with E-state index in [1.54, 1.807) is 10.9 Å². The van der Waals surface area contributed by atoms with Gasteiger partial charge in [-0.05, 0) is 12.0 Å². The first-order valence-electron chi connectivity index (χ1n) is 7.66. The number of nitrogens with zero attached hydrogens (tertiary/aromatic N) is 3. The van der Waals surface area contributed by atoms with Gasteiger partial charge >= 0.3 is 0 Å². The molecule has 1 aliphatic rings. The highest BCUT2D eigenvalue weighted by atomic mass is 32.2. The van der Waals surface area contributed by atoms with Gasteiger partial charge in [0.2, 0.25) is 10.0 Å². The number of ether oxygens (including phenoxy) is 1. The van der Waals surface area contributed by atoms with Crippen LogP contribution >= 0.6 is 0 Å². The Morgan fingerprint density at radius 2 is 2.09 bits per heavy atom. The Bertz CT molecular complexity index is 743. The molecule has 0 bridgehead atoms. The van der Waals surface area contributed by atoms with Crippen LogP contribution in [0.3, 0.4) is 0 Å². The average Bonchev–Trinajstić information content (AvgIpc) is 3.01. The summed E-state index contributed by atoms with van der Waals surface area (Å²) in [6.45, 7) is 1.17. The van der Waals surface area contributed by atoms with Crippen LogP contribution in [0.4, 0.5) is 0 Å². The van der Waals surface area contributed by atoms with Crippen LogP contribution in [0.1, 0.15) is 17.2 Å². The maximum absolute atomic E-state index is 12.6. The third-order valence-corrected chi connectivity index (χ3v) is 5.85. The first kappa shape index (κ1) is 16.2. The summed E-state index contributed by atoms with van der Waals surface area (Å²) in [6, 6.07) is 9.68. The fourth-order valence-corrected chi connectivity index (χ4v) is 4.17. The summed E-state index contributed by atoms with van der Waals surface area (Å²) >= 11 is 0. The number of morpholine rings is 1. The van der Waals surface area contributed by atoms with Crippen molar-refractivity contribution in [2.45, 2.75) is 12.5 Å². The topological polar surface area (TPSA) is 64.4 Å². The Kier molecular flexibility index (Phi) is 4.79. The molecule has 1 atom stereocenters. The van der Waals surface area contributed by atoms with E-state index in [2.05, 4.69) is 5.10 Å². The summed E-state index contributed by atoms with van der Waals surface area (Å²) in [5, 5.41) is 4.12. The van der Waals surface area contributed by atoms with Crippen molar-refractivity contribution in [2.24, 2.45) is 7.05 Å². The molecular weight excluding hydrogens is 314 g/mol. The zero-order chi connectivity index (χ0) is 16.3. The Morgan fingerprint density at radius 1 is 1.30 bits per heavy atom. The molecule has 0 unspecified atom stereocenters. The molecule has 1 aromatic heterocycles. The lowest BCUT2D eigenvalue weighted by Crippen LogP contribution is -2.43. The third kappa shape index (κ3) is 3.99. The minimum Gasteiger partial charge on any atom is -0.371 e. The Balaban J connectivity index is 1.65. The average molecular weight is 335 g/mol. The summed E-state index contributed by atoms with van der Waals surface area (Å²) in [5.74, 6) is 0.122. The molecular formula is C16H21N3O3S. The number of hydrogen-bond donors (Lipinski definition) is 0. The van der Waals surface area contributed by atoms with Crippen molar-refractivity contribution in [3.8, 4) is 0 Å². The van der Waals surface area contributed by atoms with E-state index in [1.165, 1.54) is 4.31 Å². The van der Waals surface area contributed by atoms with Gasteiger partial charge in [0.05, 0.1) is 24.7 Å². The standard InChI is InChI=1S/C16H21N3O3S/c1-18-12-15(11-17-18)16-13-19(8-9-22-16)23(20,21)10-7-14-5-3-2-4-6-14/h2-6,11-12,16H,7-10,13H2,1H3/t16-/m1/s1. The number of benzene rings is 1. The van der Waals surface area contributed by atoms with Gasteiger partial charge in [0, 0.05) is 31.9 Å². The molecule has 6 nitrogen and oxygen atoms in total. The lowest BCUT2D eigenvalue weighted by molar-refractivity contribution is -0.00256. The van der Waals surface area contributed by atoms with Gasteiger partial charge in [-0.1, -0.05) is 30.3 Å². The normalized spacial score (nSPS) is 19.8. The van der Waals surface area contributed by atoms with Crippen LogP contribution in [-0.4, -0.2) is 48.0 Å². The van der Waals surface area contributed by atoms with Crippen molar-refractivity contribution in [2.75, 3.05) is 25.4 Å². The minimum atomic E-state index is -3.29. The molecule has 1 fully saturated rings. The van der Waals surface area contributed by atoms with Gasteiger partial charge in [-0.25, -0.2) is 8.42 Å². The van der Waals surface area contributed by atoms with Crippen LogP contribution in [0, 0.1) is 0 Å². The van der Waals surface area contributed by atoms with Gasteiger partial charge in [0.15, 0.2) is 0 Å². The molecule has 7 heteroatoms. The Hall–Kier alpha value is -1.70. The zero-order valence-corrected chi connectivity index (χ0v) is 13.9. The molecule has 1 aromatic carbocycles. The van der Waals surface area contributed by atoms with Crippen molar-refractivity contribution in [1.29, 1.82) is 0 Å². The highest BCUT2D eigenvalue weighted by molar-refractivity contribution is 7.89. The number of rotatable bonds is 5. The van der Waals surface area contributed by atoms with E-state index in [9.17, 15) is 8.42 Å². The molecule has 0 spiro atoms. The van der Waals surface area contributed by atoms with Crippen molar-refractivity contribution >= 4 is 10.0 Å². The van der Waals surface area contributed by atoms with E-state index in [-0.39, 0.29) is 11.9 Å². The van der Waals surface area contributed by atoms with E-state index < -0.39 is 10.0 Å². The zero-order valence-electron chi connectivity index (χ0n) is 13.1. The van der Waals surface area contributed by atoms with Gasteiger partial charge in [0.1, 0.15) is 0 Å².